The lowest BCUT2D eigenvalue weighted by atomic mass is 10.1. The van der Waals surface area contributed by atoms with E-state index in [2.05, 4.69) is 28.2 Å². The van der Waals surface area contributed by atoms with E-state index in [0.29, 0.717) is 19.6 Å². The van der Waals surface area contributed by atoms with Crippen molar-refractivity contribution in [2.45, 2.75) is 56.7 Å². The molecule has 0 spiro atoms. The van der Waals surface area contributed by atoms with Crippen LogP contribution in [0.3, 0.4) is 0 Å². The molecule has 0 aliphatic carbocycles. The fourth-order valence-electron chi connectivity index (χ4n) is 1.62. The van der Waals surface area contributed by atoms with E-state index >= 15 is 0 Å². The van der Waals surface area contributed by atoms with Gasteiger partial charge in [0.05, 0.1) is 11.4 Å². The number of carbonyl (C=O) groups is 1. The quantitative estimate of drug-likeness (QED) is 0.470. The van der Waals surface area contributed by atoms with Gasteiger partial charge in [-0.2, -0.15) is 0 Å². The summed E-state index contributed by atoms with van der Waals surface area (Å²) in [5, 5.41) is 2.90. The van der Waals surface area contributed by atoms with Crippen molar-refractivity contribution >= 4 is 21.8 Å². The minimum Gasteiger partial charge on any atom is -0.383 e. The molecule has 0 aromatic rings. The molecule has 0 saturated heterocycles. The third-order valence-electron chi connectivity index (χ3n) is 2.63. The first-order valence-corrected chi connectivity index (χ1v) is 7.52. The molecule has 1 amide bonds. The van der Waals surface area contributed by atoms with E-state index in [-0.39, 0.29) is 10.7 Å². The number of alkyl halides is 1. The van der Waals surface area contributed by atoms with Crippen LogP contribution in [0.25, 0.3) is 0 Å². The fraction of sp³-hybridized carbons (Fsp3) is 0.923. The second-order valence-corrected chi connectivity index (χ2v) is 5.67. The second kappa shape index (κ2) is 12.4. The number of unbranched alkanes of at least 4 members (excludes halogenated alkanes) is 5. The van der Waals surface area contributed by atoms with Crippen LogP contribution in [0.15, 0.2) is 0 Å². The molecule has 0 saturated carbocycles. The summed E-state index contributed by atoms with van der Waals surface area (Å²) in [7, 11) is 1.66. The number of halogens is 1. The maximum Gasteiger partial charge on any atom is 0.220 e. The van der Waals surface area contributed by atoms with E-state index in [1.165, 1.54) is 32.1 Å². The van der Waals surface area contributed by atoms with Gasteiger partial charge in [-0.15, -0.1) is 0 Å². The summed E-state index contributed by atoms with van der Waals surface area (Å²) >= 11 is 3.44. The Labute approximate surface area is 114 Å². The van der Waals surface area contributed by atoms with Crippen LogP contribution in [-0.2, 0) is 9.53 Å². The molecule has 0 heterocycles. The zero-order chi connectivity index (χ0) is 12.9. The van der Waals surface area contributed by atoms with Crippen LogP contribution in [-0.4, -0.2) is 31.0 Å². The highest BCUT2D eigenvalue weighted by molar-refractivity contribution is 9.09. The highest BCUT2D eigenvalue weighted by Gasteiger charge is 2.06. The normalized spacial score (nSPS) is 12.4. The van der Waals surface area contributed by atoms with Crippen LogP contribution in [0.5, 0.6) is 0 Å². The van der Waals surface area contributed by atoms with Gasteiger partial charge in [0.1, 0.15) is 0 Å². The Morgan fingerprint density at radius 1 is 1.24 bits per heavy atom. The zero-order valence-electron chi connectivity index (χ0n) is 11.1. The van der Waals surface area contributed by atoms with Gasteiger partial charge in [-0.05, 0) is 6.42 Å². The molecule has 0 aromatic carbocycles. The summed E-state index contributed by atoms with van der Waals surface area (Å²) in [6.07, 6.45) is 7.97. The van der Waals surface area contributed by atoms with Crippen molar-refractivity contribution in [2.24, 2.45) is 0 Å². The topological polar surface area (TPSA) is 38.3 Å². The zero-order valence-corrected chi connectivity index (χ0v) is 12.7. The lowest BCUT2D eigenvalue weighted by Crippen LogP contribution is -2.31. The van der Waals surface area contributed by atoms with Gasteiger partial charge in [0.2, 0.25) is 5.91 Å². The van der Waals surface area contributed by atoms with Crippen molar-refractivity contribution in [3.8, 4) is 0 Å². The third-order valence-corrected chi connectivity index (χ3v) is 3.21. The molecule has 17 heavy (non-hydrogen) atoms. The number of carbonyl (C=O) groups excluding carboxylic acids is 1. The lowest BCUT2D eigenvalue weighted by Gasteiger charge is -2.10. The van der Waals surface area contributed by atoms with Gasteiger partial charge in [-0.3, -0.25) is 4.79 Å². The Hall–Kier alpha value is -0.0900. The first kappa shape index (κ1) is 16.9. The van der Waals surface area contributed by atoms with Crippen LogP contribution in [0, 0.1) is 0 Å². The van der Waals surface area contributed by atoms with Crippen LogP contribution in [0.4, 0.5) is 0 Å². The molecule has 0 aliphatic heterocycles. The minimum absolute atomic E-state index is 0.154. The number of rotatable bonds is 11. The Morgan fingerprint density at radius 2 is 1.88 bits per heavy atom. The van der Waals surface area contributed by atoms with Gasteiger partial charge in [0.25, 0.3) is 0 Å². The second-order valence-electron chi connectivity index (χ2n) is 4.37. The van der Waals surface area contributed by atoms with E-state index in [4.69, 9.17) is 4.74 Å². The fourth-order valence-corrected chi connectivity index (χ4v) is 2.04. The third kappa shape index (κ3) is 12.2. The van der Waals surface area contributed by atoms with Crippen molar-refractivity contribution in [2.75, 3.05) is 20.3 Å². The molecule has 0 bridgehead atoms. The minimum atomic E-state index is 0.154. The molecule has 1 atom stereocenters. The van der Waals surface area contributed by atoms with Gasteiger partial charge in [-0.1, -0.05) is 55.0 Å². The average Bonchev–Trinajstić information content (AvgIpc) is 2.31. The van der Waals surface area contributed by atoms with E-state index in [1.54, 1.807) is 7.11 Å². The highest BCUT2D eigenvalue weighted by atomic mass is 79.9. The predicted octanol–water partition coefficient (Wildman–Crippen LogP) is 3.26. The Bertz CT molecular complexity index is 188. The number of amides is 1. The average molecular weight is 308 g/mol. The van der Waals surface area contributed by atoms with Gasteiger partial charge < -0.3 is 10.1 Å². The SMILES string of the molecule is CCCCCCCCC(=O)NCC(Br)COC. The molecule has 0 aromatic heterocycles. The van der Waals surface area contributed by atoms with Crippen molar-refractivity contribution < 1.29 is 9.53 Å². The monoisotopic (exact) mass is 307 g/mol. The van der Waals surface area contributed by atoms with Crippen molar-refractivity contribution in [1.29, 1.82) is 0 Å². The number of methoxy groups -OCH3 is 1. The van der Waals surface area contributed by atoms with Crippen molar-refractivity contribution in [3.05, 3.63) is 0 Å². The van der Waals surface area contributed by atoms with Gasteiger partial charge in [-0.25, -0.2) is 0 Å². The molecule has 0 radical (unpaired) electrons. The molecule has 0 rings (SSSR count). The summed E-state index contributed by atoms with van der Waals surface area (Å²) in [6.45, 7) is 3.48. The Morgan fingerprint density at radius 3 is 2.53 bits per heavy atom. The van der Waals surface area contributed by atoms with Crippen LogP contribution < -0.4 is 5.32 Å². The molecular formula is C13H26BrNO2. The van der Waals surface area contributed by atoms with E-state index < -0.39 is 0 Å². The molecule has 4 heteroatoms. The maximum absolute atomic E-state index is 11.5. The largest absolute Gasteiger partial charge is 0.383 e. The summed E-state index contributed by atoms with van der Waals surface area (Å²) in [5.41, 5.74) is 0. The molecule has 1 unspecified atom stereocenters. The predicted molar refractivity (Wildman–Crippen MR) is 75.6 cm³/mol. The summed E-state index contributed by atoms with van der Waals surface area (Å²) in [5.74, 6) is 0.154. The number of hydrogen-bond donors (Lipinski definition) is 1. The van der Waals surface area contributed by atoms with Crippen LogP contribution in [0.1, 0.15) is 51.9 Å². The molecule has 3 nitrogen and oxygen atoms in total. The van der Waals surface area contributed by atoms with Crippen LogP contribution in [0.2, 0.25) is 0 Å². The Kier molecular flexibility index (Phi) is 12.3. The van der Waals surface area contributed by atoms with Crippen LogP contribution >= 0.6 is 15.9 Å². The molecular weight excluding hydrogens is 282 g/mol. The van der Waals surface area contributed by atoms with Gasteiger partial charge in [0.15, 0.2) is 0 Å². The first-order chi connectivity index (χ1) is 8.20. The van der Waals surface area contributed by atoms with E-state index in [1.807, 2.05) is 0 Å². The van der Waals surface area contributed by atoms with Gasteiger partial charge in [0, 0.05) is 20.1 Å². The smallest absolute Gasteiger partial charge is 0.220 e. The Balaban J connectivity index is 3.28. The number of hydrogen-bond acceptors (Lipinski definition) is 2. The number of nitrogens with one attached hydrogen (secondary N) is 1. The lowest BCUT2D eigenvalue weighted by molar-refractivity contribution is -0.121. The highest BCUT2D eigenvalue weighted by Crippen LogP contribution is 2.06. The maximum atomic E-state index is 11.5. The molecule has 1 N–H and O–H groups in total. The first-order valence-electron chi connectivity index (χ1n) is 6.60. The van der Waals surface area contributed by atoms with Crippen molar-refractivity contribution in [3.63, 3.8) is 0 Å². The number of ether oxygens (including phenoxy) is 1. The van der Waals surface area contributed by atoms with E-state index in [0.717, 1.165) is 6.42 Å². The molecule has 0 aliphatic rings. The van der Waals surface area contributed by atoms with Crippen molar-refractivity contribution in [1.82, 2.24) is 5.32 Å². The standard InChI is InChI=1S/C13H26BrNO2/c1-3-4-5-6-7-8-9-13(16)15-10-12(14)11-17-2/h12H,3-11H2,1-2H3,(H,15,16). The summed E-state index contributed by atoms with van der Waals surface area (Å²) in [4.78, 5) is 11.7. The van der Waals surface area contributed by atoms with E-state index in [9.17, 15) is 4.79 Å². The summed E-state index contributed by atoms with van der Waals surface area (Å²) in [6, 6.07) is 0. The molecule has 102 valence electrons. The summed E-state index contributed by atoms with van der Waals surface area (Å²) < 4.78 is 4.97. The van der Waals surface area contributed by atoms with Gasteiger partial charge >= 0.3 is 0 Å². The molecule has 0 fully saturated rings.